The molecule has 19 heavy (non-hydrogen) atoms. The van der Waals surface area contributed by atoms with Crippen LogP contribution in [-0.2, 0) is 7.05 Å². The fourth-order valence-corrected chi connectivity index (χ4v) is 2.32. The Morgan fingerprint density at radius 1 is 1.21 bits per heavy atom. The number of aryl methyl sites for hydroxylation is 1. The first-order valence-corrected chi connectivity index (χ1v) is 6.33. The average Bonchev–Trinajstić information content (AvgIpc) is 3.00. The molecule has 0 saturated heterocycles. The van der Waals surface area contributed by atoms with E-state index < -0.39 is 0 Å². The Kier molecular flexibility index (Phi) is 3.13. The Labute approximate surface area is 116 Å². The summed E-state index contributed by atoms with van der Waals surface area (Å²) in [6.45, 7) is 0. The normalized spacial score (nSPS) is 10.8. The van der Waals surface area contributed by atoms with Crippen molar-refractivity contribution in [2.24, 2.45) is 7.05 Å². The molecule has 0 spiro atoms. The van der Waals surface area contributed by atoms with E-state index in [1.165, 1.54) is 29.1 Å². The molecule has 3 aromatic heterocycles. The molecule has 0 saturated carbocycles. The number of aromatic nitrogens is 8. The first-order chi connectivity index (χ1) is 9.20. The standard InChI is InChI=1S/C9H7ClN8S/c1-17-3-6(2-12-17)19-9-15-7(10)14-8(16-9)18-5-11-4-13-18/h2-5H,1H3. The summed E-state index contributed by atoms with van der Waals surface area (Å²) in [6.07, 6.45) is 6.46. The first-order valence-electron chi connectivity index (χ1n) is 5.14. The van der Waals surface area contributed by atoms with Crippen molar-refractivity contribution in [2.75, 3.05) is 0 Å². The van der Waals surface area contributed by atoms with E-state index in [0.29, 0.717) is 11.1 Å². The third-order valence-electron chi connectivity index (χ3n) is 2.09. The SMILES string of the molecule is Cn1cc(Sc2nc(Cl)nc(-n3cncn3)n2)cn1. The van der Waals surface area contributed by atoms with Gasteiger partial charge in [0.15, 0.2) is 5.16 Å². The Balaban J connectivity index is 1.94. The zero-order valence-electron chi connectivity index (χ0n) is 9.67. The minimum Gasteiger partial charge on any atom is -0.275 e. The van der Waals surface area contributed by atoms with E-state index in [9.17, 15) is 0 Å². The summed E-state index contributed by atoms with van der Waals surface area (Å²) in [5, 5.41) is 8.59. The second-order valence-electron chi connectivity index (χ2n) is 3.48. The van der Waals surface area contributed by atoms with Crippen LogP contribution in [-0.4, -0.2) is 39.5 Å². The molecule has 3 aromatic rings. The average molecular weight is 295 g/mol. The molecule has 0 bridgehead atoms. The van der Waals surface area contributed by atoms with Crippen molar-refractivity contribution in [3.8, 4) is 5.95 Å². The van der Waals surface area contributed by atoms with Gasteiger partial charge in [-0.2, -0.15) is 29.8 Å². The lowest BCUT2D eigenvalue weighted by Gasteiger charge is -2.01. The fraction of sp³-hybridized carbons (Fsp3) is 0.111. The van der Waals surface area contributed by atoms with Gasteiger partial charge < -0.3 is 0 Å². The molecule has 3 rings (SSSR count). The highest BCUT2D eigenvalue weighted by Crippen LogP contribution is 2.24. The van der Waals surface area contributed by atoms with E-state index in [2.05, 4.69) is 30.1 Å². The van der Waals surface area contributed by atoms with E-state index in [1.54, 1.807) is 10.9 Å². The van der Waals surface area contributed by atoms with E-state index >= 15 is 0 Å². The van der Waals surface area contributed by atoms with Crippen LogP contribution < -0.4 is 0 Å². The number of nitrogens with zero attached hydrogens (tertiary/aromatic N) is 8. The van der Waals surface area contributed by atoms with Crippen molar-refractivity contribution >= 4 is 23.4 Å². The maximum atomic E-state index is 5.88. The van der Waals surface area contributed by atoms with Crippen molar-refractivity contribution in [1.82, 2.24) is 39.5 Å². The van der Waals surface area contributed by atoms with E-state index in [4.69, 9.17) is 11.6 Å². The first kappa shape index (κ1) is 12.1. The zero-order valence-corrected chi connectivity index (χ0v) is 11.2. The van der Waals surface area contributed by atoms with Gasteiger partial charge in [0.05, 0.1) is 11.1 Å². The largest absolute Gasteiger partial charge is 0.275 e. The third-order valence-corrected chi connectivity index (χ3v) is 3.07. The molecule has 96 valence electrons. The maximum absolute atomic E-state index is 5.88. The number of hydrogen-bond acceptors (Lipinski definition) is 7. The smallest absolute Gasteiger partial charge is 0.257 e. The molecule has 3 heterocycles. The molecule has 0 N–H and O–H groups in total. The highest BCUT2D eigenvalue weighted by molar-refractivity contribution is 7.99. The molecule has 0 aliphatic heterocycles. The van der Waals surface area contributed by atoms with Gasteiger partial charge >= 0.3 is 0 Å². The molecule has 10 heteroatoms. The van der Waals surface area contributed by atoms with Crippen LogP contribution >= 0.6 is 23.4 Å². The van der Waals surface area contributed by atoms with Gasteiger partial charge in [-0.15, -0.1) is 0 Å². The van der Waals surface area contributed by atoms with Gasteiger partial charge in [0, 0.05) is 13.2 Å². The zero-order chi connectivity index (χ0) is 13.2. The second-order valence-corrected chi connectivity index (χ2v) is 4.86. The van der Waals surface area contributed by atoms with Gasteiger partial charge in [0.1, 0.15) is 12.7 Å². The van der Waals surface area contributed by atoms with Crippen molar-refractivity contribution < 1.29 is 0 Å². The monoisotopic (exact) mass is 294 g/mol. The summed E-state index contributed by atoms with van der Waals surface area (Å²) in [5.74, 6) is 0.323. The lowest BCUT2D eigenvalue weighted by Crippen LogP contribution is -2.04. The predicted octanol–water partition coefficient (Wildman–Crippen LogP) is 0.990. The topological polar surface area (TPSA) is 87.2 Å². The number of hydrogen-bond donors (Lipinski definition) is 0. The van der Waals surface area contributed by atoms with Crippen molar-refractivity contribution in [1.29, 1.82) is 0 Å². The fourth-order valence-electron chi connectivity index (χ4n) is 1.34. The van der Waals surface area contributed by atoms with Crippen LogP contribution in [0.15, 0.2) is 35.1 Å². The van der Waals surface area contributed by atoms with Gasteiger partial charge in [0.25, 0.3) is 5.95 Å². The molecular formula is C9H7ClN8S. The van der Waals surface area contributed by atoms with Crippen LogP contribution in [0.4, 0.5) is 0 Å². The molecule has 8 nitrogen and oxygen atoms in total. The van der Waals surface area contributed by atoms with E-state index in [0.717, 1.165) is 4.90 Å². The van der Waals surface area contributed by atoms with Crippen molar-refractivity contribution in [3.05, 3.63) is 30.3 Å². The summed E-state index contributed by atoms with van der Waals surface area (Å²) in [5.41, 5.74) is 0. The quantitative estimate of drug-likeness (QED) is 0.712. The lowest BCUT2D eigenvalue weighted by atomic mass is 10.7. The molecule has 0 radical (unpaired) electrons. The van der Waals surface area contributed by atoms with E-state index in [1.807, 2.05) is 13.2 Å². The minimum absolute atomic E-state index is 0.104. The summed E-state index contributed by atoms with van der Waals surface area (Å²) in [6, 6.07) is 0. The van der Waals surface area contributed by atoms with Crippen LogP contribution in [0.25, 0.3) is 5.95 Å². The summed E-state index contributed by atoms with van der Waals surface area (Å²) < 4.78 is 3.12. The summed E-state index contributed by atoms with van der Waals surface area (Å²) >= 11 is 7.22. The minimum atomic E-state index is 0.104. The molecule has 0 aliphatic carbocycles. The Hall–Kier alpha value is -2.00. The molecule has 0 aromatic carbocycles. The molecule has 0 unspecified atom stereocenters. The van der Waals surface area contributed by atoms with Crippen LogP contribution in [0.3, 0.4) is 0 Å². The Morgan fingerprint density at radius 3 is 2.79 bits per heavy atom. The van der Waals surface area contributed by atoms with Gasteiger partial charge in [-0.3, -0.25) is 4.68 Å². The van der Waals surface area contributed by atoms with Crippen molar-refractivity contribution in [2.45, 2.75) is 10.1 Å². The van der Waals surface area contributed by atoms with Crippen LogP contribution in [0.1, 0.15) is 0 Å². The predicted molar refractivity (Wildman–Crippen MR) is 67.1 cm³/mol. The van der Waals surface area contributed by atoms with Gasteiger partial charge in [-0.1, -0.05) is 0 Å². The highest BCUT2D eigenvalue weighted by Gasteiger charge is 2.09. The molecule has 0 aliphatic rings. The third kappa shape index (κ3) is 2.71. The highest BCUT2D eigenvalue weighted by atomic mass is 35.5. The molecule has 0 atom stereocenters. The Morgan fingerprint density at radius 2 is 2.11 bits per heavy atom. The second kappa shape index (κ2) is 4.94. The van der Waals surface area contributed by atoms with Crippen LogP contribution in [0.2, 0.25) is 5.28 Å². The van der Waals surface area contributed by atoms with Crippen molar-refractivity contribution in [3.63, 3.8) is 0 Å². The Bertz CT molecular complexity index is 694. The molecule has 0 fully saturated rings. The van der Waals surface area contributed by atoms with Crippen LogP contribution in [0, 0.1) is 0 Å². The van der Waals surface area contributed by atoms with Crippen LogP contribution in [0.5, 0.6) is 0 Å². The molecular weight excluding hydrogens is 288 g/mol. The summed E-state index contributed by atoms with van der Waals surface area (Å²) in [4.78, 5) is 17.1. The maximum Gasteiger partial charge on any atom is 0.257 e. The molecule has 0 amide bonds. The van der Waals surface area contributed by atoms with Gasteiger partial charge in [-0.25, -0.2) is 4.98 Å². The van der Waals surface area contributed by atoms with Gasteiger partial charge in [0.2, 0.25) is 5.28 Å². The van der Waals surface area contributed by atoms with Gasteiger partial charge in [-0.05, 0) is 23.4 Å². The number of rotatable bonds is 3. The summed E-state index contributed by atoms with van der Waals surface area (Å²) in [7, 11) is 1.84. The van der Waals surface area contributed by atoms with E-state index in [-0.39, 0.29) is 5.28 Å². The number of halogens is 1. The lowest BCUT2D eigenvalue weighted by molar-refractivity contribution is 0.757.